The van der Waals surface area contributed by atoms with Crippen molar-refractivity contribution in [2.45, 2.75) is 12.3 Å². The zero-order chi connectivity index (χ0) is 13.9. The SMILES string of the molecule is O=[N+]([O-])c1ccc([C@@H]2N[C@@H](c3ccccc3)CO2)cc1. The highest BCUT2D eigenvalue weighted by molar-refractivity contribution is 5.34. The summed E-state index contributed by atoms with van der Waals surface area (Å²) < 4.78 is 5.73. The highest BCUT2D eigenvalue weighted by Gasteiger charge is 2.26. The Morgan fingerprint density at radius 3 is 2.40 bits per heavy atom. The minimum absolute atomic E-state index is 0.0892. The third-order valence-corrected chi connectivity index (χ3v) is 3.39. The largest absolute Gasteiger partial charge is 0.357 e. The van der Waals surface area contributed by atoms with Crippen molar-refractivity contribution >= 4 is 5.69 Å². The molecule has 0 aromatic heterocycles. The third-order valence-electron chi connectivity index (χ3n) is 3.39. The molecule has 3 rings (SSSR count). The van der Waals surface area contributed by atoms with E-state index in [-0.39, 0.29) is 18.0 Å². The lowest BCUT2D eigenvalue weighted by molar-refractivity contribution is -0.384. The molecule has 1 fully saturated rings. The molecule has 1 aliphatic heterocycles. The van der Waals surface area contributed by atoms with E-state index in [2.05, 4.69) is 17.4 Å². The molecular formula is C15H14N2O3. The van der Waals surface area contributed by atoms with Gasteiger partial charge in [0, 0.05) is 12.1 Å². The molecule has 2 aromatic rings. The molecule has 0 radical (unpaired) electrons. The van der Waals surface area contributed by atoms with Gasteiger partial charge in [0.1, 0.15) is 6.23 Å². The Balaban J connectivity index is 1.72. The summed E-state index contributed by atoms with van der Waals surface area (Å²) >= 11 is 0. The van der Waals surface area contributed by atoms with Gasteiger partial charge in [-0.1, -0.05) is 30.3 Å². The van der Waals surface area contributed by atoms with Crippen molar-refractivity contribution in [1.82, 2.24) is 5.32 Å². The maximum Gasteiger partial charge on any atom is 0.269 e. The van der Waals surface area contributed by atoms with Crippen LogP contribution in [0.4, 0.5) is 5.69 Å². The van der Waals surface area contributed by atoms with Crippen molar-refractivity contribution in [2.75, 3.05) is 6.61 Å². The van der Waals surface area contributed by atoms with Crippen LogP contribution in [0.25, 0.3) is 0 Å². The molecule has 1 aliphatic rings. The molecule has 0 saturated carbocycles. The molecule has 5 nitrogen and oxygen atoms in total. The number of nitrogens with one attached hydrogen (secondary N) is 1. The molecule has 1 saturated heterocycles. The van der Waals surface area contributed by atoms with Crippen LogP contribution in [0.15, 0.2) is 54.6 Å². The summed E-state index contributed by atoms with van der Waals surface area (Å²) in [6, 6.07) is 16.7. The fourth-order valence-corrected chi connectivity index (χ4v) is 2.31. The van der Waals surface area contributed by atoms with E-state index >= 15 is 0 Å². The number of ether oxygens (including phenoxy) is 1. The van der Waals surface area contributed by atoms with Gasteiger partial charge in [0.2, 0.25) is 0 Å². The molecule has 0 amide bonds. The first-order valence-corrected chi connectivity index (χ1v) is 6.41. The van der Waals surface area contributed by atoms with E-state index in [9.17, 15) is 10.1 Å². The van der Waals surface area contributed by atoms with Gasteiger partial charge in [0.05, 0.1) is 17.6 Å². The Kier molecular flexibility index (Phi) is 3.45. The molecule has 0 unspecified atom stereocenters. The minimum Gasteiger partial charge on any atom is -0.357 e. The van der Waals surface area contributed by atoms with E-state index in [0.29, 0.717) is 6.61 Å². The van der Waals surface area contributed by atoms with Gasteiger partial charge in [0.25, 0.3) is 5.69 Å². The Hall–Kier alpha value is -2.24. The molecule has 0 aliphatic carbocycles. The normalized spacial score (nSPS) is 21.8. The predicted molar refractivity (Wildman–Crippen MR) is 74.1 cm³/mol. The van der Waals surface area contributed by atoms with Gasteiger partial charge in [-0.2, -0.15) is 0 Å². The number of benzene rings is 2. The molecule has 2 aromatic carbocycles. The monoisotopic (exact) mass is 270 g/mol. The van der Waals surface area contributed by atoms with E-state index in [4.69, 9.17) is 4.74 Å². The summed E-state index contributed by atoms with van der Waals surface area (Å²) in [7, 11) is 0. The average Bonchev–Trinajstić information content (AvgIpc) is 2.98. The van der Waals surface area contributed by atoms with E-state index in [1.807, 2.05) is 18.2 Å². The van der Waals surface area contributed by atoms with E-state index in [1.165, 1.54) is 17.7 Å². The van der Waals surface area contributed by atoms with Crippen molar-refractivity contribution in [3.63, 3.8) is 0 Å². The predicted octanol–water partition coefficient (Wildman–Crippen LogP) is 2.95. The summed E-state index contributed by atoms with van der Waals surface area (Å²) in [5, 5.41) is 14.0. The van der Waals surface area contributed by atoms with E-state index in [0.717, 1.165) is 5.56 Å². The second-order valence-electron chi connectivity index (χ2n) is 4.69. The van der Waals surface area contributed by atoms with Crippen LogP contribution in [0.3, 0.4) is 0 Å². The van der Waals surface area contributed by atoms with Gasteiger partial charge in [-0.05, 0) is 23.3 Å². The zero-order valence-corrected chi connectivity index (χ0v) is 10.7. The van der Waals surface area contributed by atoms with Crippen LogP contribution in [0, 0.1) is 10.1 Å². The number of nitrogens with zero attached hydrogens (tertiary/aromatic N) is 1. The topological polar surface area (TPSA) is 64.4 Å². The van der Waals surface area contributed by atoms with Gasteiger partial charge in [0.15, 0.2) is 0 Å². The molecule has 2 atom stereocenters. The van der Waals surface area contributed by atoms with Crippen molar-refractivity contribution in [3.05, 3.63) is 75.8 Å². The minimum atomic E-state index is -0.403. The molecule has 5 heteroatoms. The second kappa shape index (κ2) is 5.40. The lowest BCUT2D eigenvalue weighted by atomic mass is 10.1. The maximum atomic E-state index is 10.6. The third kappa shape index (κ3) is 2.54. The van der Waals surface area contributed by atoms with Crippen molar-refractivity contribution < 1.29 is 9.66 Å². The van der Waals surface area contributed by atoms with Gasteiger partial charge in [-0.15, -0.1) is 0 Å². The van der Waals surface area contributed by atoms with Crippen molar-refractivity contribution in [3.8, 4) is 0 Å². The lowest BCUT2D eigenvalue weighted by Gasteiger charge is -2.12. The quantitative estimate of drug-likeness (QED) is 0.688. The fourth-order valence-electron chi connectivity index (χ4n) is 2.31. The van der Waals surface area contributed by atoms with Crippen molar-refractivity contribution in [1.29, 1.82) is 0 Å². The highest BCUT2D eigenvalue weighted by Crippen LogP contribution is 2.29. The first-order valence-electron chi connectivity index (χ1n) is 6.41. The van der Waals surface area contributed by atoms with Crippen LogP contribution in [0.5, 0.6) is 0 Å². The zero-order valence-electron chi connectivity index (χ0n) is 10.7. The summed E-state index contributed by atoms with van der Waals surface area (Å²) in [5.41, 5.74) is 2.16. The number of hydrogen-bond donors (Lipinski definition) is 1. The Morgan fingerprint density at radius 2 is 1.75 bits per heavy atom. The summed E-state index contributed by atoms with van der Waals surface area (Å²) in [6.07, 6.45) is -0.221. The first-order chi connectivity index (χ1) is 9.74. The van der Waals surface area contributed by atoms with Crippen LogP contribution < -0.4 is 5.32 Å². The molecule has 20 heavy (non-hydrogen) atoms. The van der Waals surface area contributed by atoms with Crippen LogP contribution in [0.1, 0.15) is 23.4 Å². The highest BCUT2D eigenvalue weighted by atomic mass is 16.6. The molecule has 1 heterocycles. The molecule has 102 valence electrons. The van der Waals surface area contributed by atoms with Crippen molar-refractivity contribution in [2.24, 2.45) is 0 Å². The number of non-ortho nitro benzene ring substituents is 1. The van der Waals surface area contributed by atoms with E-state index < -0.39 is 4.92 Å². The average molecular weight is 270 g/mol. The van der Waals surface area contributed by atoms with Gasteiger partial charge < -0.3 is 4.74 Å². The lowest BCUT2D eigenvalue weighted by Crippen LogP contribution is -2.18. The summed E-state index contributed by atoms with van der Waals surface area (Å²) in [4.78, 5) is 10.2. The molecular weight excluding hydrogens is 256 g/mol. The maximum absolute atomic E-state index is 10.6. The fraction of sp³-hybridized carbons (Fsp3) is 0.200. The number of rotatable bonds is 3. The number of hydrogen-bond acceptors (Lipinski definition) is 4. The second-order valence-corrected chi connectivity index (χ2v) is 4.69. The first kappa shape index (κ1) is 12.8. The Morgan fingerprint density at radius 1 is 1.05 bits per heavy atom. The standard InChI is InChI=1S/C15H14N2O3/c18-17(19)13-8-6-12(7-9-13)15-16-14(10-20-15)11-4-2-1-3-5-11/h1-9,14-16H,10H2/t14-,15-/m1/s1. The van der Waals surface area contributed by atoms with Gasteiger partial charge in [-0.25, -0.2) is 0 Å². The molecule has 0 spiro atoms. The molecule has 0 bridgehead atoms. The smallest absolute Gasteiger partial charge is 0.269 e. The van der Waals surface area contributed by atoms with E-state index in [1.54, 1.807) is 12.1 Å². The van der Waals surface area contributed by atoms with Crippen LogP contribution in [0.2, 0.25) is 0 Å². The van der Waals surface area contributed by atoms with Crippen LogP contribution in [-0.2, 0) is 4.74 Å². The van der Waals surface area contributed by atoms with Crippen LogP contribution >= 0.6 is 0 Å². The van der Waals surface area contributed by atoms with Gasteiger partial charge >= 0.3 is 0 Å². The Bertz CT molecular complexity index is 598. The Labute approximate surface area is 116 Å². The summed E-state index contributed by atoms with van der Waals surface area (Å²) in [5.74, 6) is 0. The summed E-state index contributed by atoms with van der Waals surface area (Å²) in [6.45, 7) is 0.589. The molecule has 1 N–H and O–H groups in total. The van der Waals surface area contributed by atoms with Gasteiger partial charge in [-0.3, -0.25) is 15.4 Å². The number of nitro benzene ring substituents is 1. The number of nitro groups is 1. The van der Waals surface area contributed by atoms with Crippen LogP contribution in [-0.4, -0.2) is 11.5 Å².